The van der Waals surface area contributed by atoms with E-state index in [1.54, 1.807) is 0 Å². The van der Waals surface area contributed by atoms with Crippen molar-refractivity contribution in [2.24, 2.45) is 5.41 Å². The fourth-order valence-electron chi connectivity index (χ4n) is 2.98. The number of hydrogen-bond acceptors (Lipinski definition) is 2. The number of fused-ring (bicyclic) bond motifs is 1. The standard InChI is InChI=1S/C19H23NO.C2H6/c1-12-7-8-16-13(9-12)14(10-19(16,5)6)15(11-20)17(21)18(2,3)4;1-2/h7-9H,10H2,1-6H3;1-2H3/b15-14+;. The van der Waals surface area contributed by atoms with Crippen LogP contribution < -0.4 is 0 Å². The highest BCUT2D eigenvalue weighted by molar-refractivity contribution is 6.09. The summed E-state index contributed by atoms with van der Waals surface area (Å²) in [6, 6.07) is 8.51. The van der Waals surface area contributed by atoms with E-state index in [2.05, 4.69) is 38.1 Å². The number of nitrogens with zero attached hydrogens (tertiary/aromatic N) is 1. The molecule has 2 heteroatoms. The van der Waals surface area contributed by atoms with E-state index >= 15 is 0 Å². The van der Waals surface area contributed by atoms with Gasteiger partial charge in [-0.2, -0.15) is 5.26 Å². The Morgan fingerprint density at radius 2 is 1.78 bits per heavy atom. The van der Waals surface area contributed by atoms with Crippen LogP contribution in [0.5, 0.6) is 0 Å². The summed E-state index contributed by atoms with van der Waals surface area (Å²) >= 11 is 0. The molecule has 0 fully saturated rings. The molecule has 0 atom stereocenters. The second-order valence-electron chi connectivity index (χ2n) is 7.65. The Morgan fingerprint density at radius 3 is 2.26 bits per heavy atom. The molecule has 2 rings (SSSR count). The molecule has 1 aliphatic carbocycles. The largest absolute Gasteiger partial charge is 0.293 e. The molecule has 1 aliphatic rings. The SMILES string of the molecule is CC.Cc1ccc2c(c1)/C(=C(\C#N)C(=O)C(C)(C)C)CC2(C)C. The van der Waals surface area contributed by atoms with Gasteiger partial charge in [-0.25, -0.2) is 0 Å². The smallest absolute Gasteiger partial charge is 0.178 e. The predicted molar refractivity (Wildman–Crippen MR) is 97.2 cm³/mol. The Bertz CT molecular complexity index is 679. The van der Waals surface area contributed by atoms with Crippen LogP contribution in [0.25, 0.3) is 5.57 Å². The van der Waals surface area contributed by atoms with Gasteiger partial charge in [0.15, 0.2) is 5.78 Å². The zero-order valence-electron chi connectivity index (χ0n) is 15.8. The van der Waals surface area contributed by atoms with Gasteiger partial charge in [0.2, 0.25) is 0 Å². The summed E-state index contributed by atoms with van der Waals surface area (Å²) in [7, 11) is 0. The normalized spacial score (nSPS) is 17.5. The maximum Gasteiger partial charge on any atom is 0.178 e. The van der Waals surface area contributed by atoms with Gasteiger partial charge in [0.05, 0.1) is 5.57 Å². The third-order valence-corrected chi connectivity index (χ3v) is 4.17. The summed E-state index contributed by atoms with van der Waals surface area (Å²) in [5, 5.41) is 9.56. The van der Waals surface area contributed by atoms with Gasteiger partial charge in [0.25, 0.3) is 0 Å². The molecule has 23 heavy (non-hydrogen) atoms. The maximum absolute atomic E-state index is 12.6. The highest BCUT2D eigenvalue weighted by atomic mass is 16.1. The molecule has 0 spiro atoms. The van der Waals surface area contributed by atoms with Crippen molar-refractivity contribution < 1.29 is 4.79 Å². The molecule has 1 aromatic carbocycles. The molecular formula is C21H29NO. The molecule has 0 bridgehead atoms. The van der Waals surface area contributed by atoms with Crippen LogP contribution in [0.1, 0.15) is 71.6 Å². The van der Waals surface area contributed by atoms with E-state index in [9.17, 15) is 10.1 Å². The third kappa shape index (κ3) is 3.72. The number of benzene rings is 1. The number of nitriles is 1. The van der Waals surface area contributed by atoms with Crippen LogP contribution in [0.3, 0.4) is 0 Å². The first-order chi connectivity index (χ1) is 10.6. The number of allylic oxidation sites excluding steroid dienone is 2. The number of ketones is 1. The molecule has 2 nitrogen and oxygen atoms in total. The summed E-state index contributed by atoms with van der Waals surface area (Å²) in [5.41, 5.74) is 4.16. The summed E-state index contributed by atoms with van der Waals surface area (Å²) in [6.45, 7) is 16.0. The zero-order chi connectivity index (χ0) is 18.0. The van der Waals surface area contributed by atoms with Crippen molar-refractivity contribution in [2.45, 2.75) is 67.2 Å². The van der Waals surface area contributed by atoms with Crippen molar-refractivity contribution in [1.82, 2.24) is 0 Å². The number of Topliss-reactive ketones (excluding diaryl/α,β-unsaturated/α-hetero) is 1. The Hall–Kier alpha value is -1.88. The quantitative estimate of drug-likeness (QED) is 0.500. The lowest BCUT2D eigenvalue weighted by molar-refractivity contribution is -0.122. The fraction of sp³-hybridized carbons (Fsp3) is 0.524. The lowest BCUT2D eigenvalue weighted by Gasteiger charge is -2.19. The lowest BCUT2D eigenvalue weighted by Crippen LogP contribution is -2.22. The minimum absolute atomic E-state index is 0.0291. The van der Waals surface area contributed by atoms with Gasteiger partial charge < -0.3 is 0 Å². The molecule has 0 aromatic heterocycles. The van der Waals surface area contributed by atoms with Crippen LogP contribution in [0.4, 0.5) is 0 Å². The molecule has 0 saturated heterocycles. The number of carbonyl (C=O) groups is 1. The number of hydrogen-bond donors (Lipinski definition) is 0. The molecule has 124 valence electrons. The minimum Gasteiger partial charge on any atom is -0.293 e. The summed E-state index contributed by atoms with van der Waals surface area (Å²) in [4.78, 5) is 12.6. The number of carbonyl (C=O) groups excluding carboxylic acids is 1. The van der Waals surface area contributed by atoms with E-state index in [0.29, 0.717) is 5.57 Å². The summed E-state index contributed by atoms with van der Waals surface area (Å²) < 4.78 is 0. The first kappa shape index (κ1) is 19.2. The van der Waals surface area contributed by atoms with E-state index < -0.39 is 5.41 Å². The Balaban J connectivity index is 0.00000127. The molecule has 0 aliphatic heterocycles. The molecule has 0 amide bonds. The Morgan fingerprint density at radius 1 is 1.22 bits per heavy atom. The van der Waals surface area contributed by atoms with Gasteiger partial charge in [0.1, 0.15) is 6.07 Å². The molecule has 1 aromatic rings. The second kappa shape index (κ2) is 6.71. The fourth-order valence-corrected chi connectivity index (χ4v) is 2.98. The highest BCUT2D eigenvalue weighted by Gasteiger charge is 2.37. The molecule has 0 radical (unpaired) electrons. The molecule has 0 saturated carbocycles. The minimum atomic E-state index is -0.533. The maximum atomic E-state index is 12.6. The summed E-state index contributed by atoms with van der Waals surface area (Å²) in [6.07, 6.45) is 0.747. The topological polar surface area (TPSA) is 40.9 Å². The van der Waals surface area contributed by atoms with E-state index in [-0.39, 0.29) is 11.2 Å². The molecule has 0 N–H and O–H groups in total. The predicted octanol–water partition coefficient (Wildman–Crippen LogP) is 5.59. The molecule has 0 unspecified atom stereocenters. The molecular weight excluding hydrogens is 282 g/mol. The first-order valence-corrected chi connectivity index (χ1v) is 8.37. The molecule has 0 heterocycles. The Kier molecular flexibility index (Phi) is 5.59. The van der Waals surface area contributed by atoms with Crippen LogP contribution in [-0.4, -0.2) is 5.78 Å². The van der Waals surface area contributed by atoms with Gasteiger partial charge in [-0.3, -0.25) is 4.79 Å². The average Bonchev–Trinajstić information content (AvgIpc) is 2.72. The Labute approximate surface area is 141 Å². The van der Waals surface area contributed by atoms with Crippen LogP contribution >= 0.6 is 0 Å². The van der Waals surface area contributed by atoms with E-state index in [0.717, 1.165) is 23.1 Å². The highest BCUT2D eigenvalue weighted by Crippen LogP contribution is 2.47. The number of aryl methyl sites for hydroxylation is 1. The van der Waals surface area contributed by atoms with Crippen LogP contribution in [0, 0.1) is 23.7 Å². The van der Waals surface area contributed by atoms with Crippen LogP contribution in [0.15, 0.2) is 23.8 Å². The van der Waals surface area contributed by atoms with Gasteiger partial charge in [-0.05, 0) is 35.5 Å². The van der Waals surface area contributed by atoms with Crippen LogP contribution in [-0.2, 0) is 10.2 Å². The first-order valence-electron chi connectivity index (χ1n) is 8.37. The van der Waals surface area contributed by atoms with Gasteiger partial charge in [-0.15, -0.1) is 0 Å². The lowest BCUT2D eigenvalue weighted by atomic mass is 9.83. The second-order valence-corrected chi connectivity index (χ2v) is 7.65. The van der Waals surface area contributed by atoms with Crippen molar-refractivity contribution in [3.8, 4) is 6.07 Å². The zero-order valence-corrected chi connectivity index (χ0v) is 15.8. The van der Waals surface area contributed by atoms with Crippen molar-refractivity contribution >= 4 is 11.4 Å². The van der Waals surface area contributed by atoms with Crippen molar-refractivity contribution in [3.63, 3.8) is 0 Å². The van der Waals surface area contributed by atoms with Gasteiger partial charge >= 0.3 is 0 Å². The van der Waals surface area contributed by atoms with Gasteiger partial charge in [-0.1, -0.05) is 72.2 Å². The summed E-state index contributed by atoms with van der Waals surface area (Å²) in [5.74, 6) is -0.0647. The van der Waals surface area contributed by atoms with Crippen LogP contribution in [0.2, 0.25) is 0 Å². The van der Waals surface area contributed by atoms with Crippen molar-refractivity contribution in [2.75, 3.05) is 0 Å². The van der Waals surface area contributed by atoms with Crippen molar-refractivity contribution in [1.29, 1.82) is 5.26 Å². The number of rotatable bonds is 1. The van der Waals surface area contributed by atoms with E-state index in [1.165, 1.54) is 5.56 Å². The van der Waals surface area contributed by atoms with E-state index in [4.69, 9.17) is 0 Å². The third-order valence-electron chi connectivity index (χ3n) is 4.17. The average molecular weight is 311 g/mol. The van der Waals surface area contributed by atoms with Gasteiger partial charge in [0, 0.05) is 5.41 Å². The monoisotopic (exact) mass is 311 g/mol. The van der Waals surface area contributed by atoms with E-state index in [1.807, 2.05) is 41.5 Å². The van der Waals surface area contributed by atoms with Crippen molar-refractivity contribution in [3.05, 3.63) is 40.5 Å².